The largest absolute Gasteiger partial charge is 0.487 e. The van der Waals surface area contributed by atoms with Crippen molar-refractivity contribution in [1.82, 2.24) is 5.32 Å². The second-order valence-corrected chi connectivity index (χ2v) is 6.76. The first kappa shape index (κ1) is 16.4. The number of unbranched alkanes of at least 4 members (excludes halogenated alkanes) is 2. The zero-order chi connectivity index (χ0) is 15.3. The monoisotopic (exact) mass is 289 g/mol. The van der Waals surface area contributed by atoms with Gasteiger partial charge in [0.05, 0.1) is 0 Å². The Bertz CT molecular complexity index is 457. The summed E-state index contributed by atoms with van der Waals surface area (Å²) in [5.41, 5.74) is 2.63. The summed E-state index contributed by atoms with van der Waals surface area (Å²) in [6.07, 6.45) is 7.22. The minimum atomic E-state index is -0.0250. The molecule has 0 saturated carbocycles. The predicted molar refractivity (Wildman–Crippen MR) is 90.0 cm³/mol. The highest BCUT2D eigenvalue weighted by molar-refractivity contribution is 5.41. The van der Waals surface area contributed by atoms with E-state index in [2.05, 4.69) is 51.2 Å². The summed E-state index contributed by atoms with van der Waals surface area (Å²) in [6.45, 7) is 10.00. The minimum absolute atomic E-state index is 0.0250. The van der Waals surface area contributed by atoms with Crippen molar-refractivity contribution < 1.29 is 4.74 Å². The van der Waals surface area contributed by atoms with E-state index in [9.17, 15) is 0 Å². The SMILES string of the molecule is CCCCCC1(C)CC(NCCC)c2cc(C)ccc2O1. The number of aryl methyl sites for hydroxylation is 1. The van der Waals surface area contributed by atoms with Gasteiger partial charge in [-0.05, 0) is 45.7 Å². The fourth-order valence-corrected chi connectivity index (χ4v) is 3.28. The molecule has 1 aliphatic rings. The molecule has 2 unspecified atom stereocenters. The zero-order valence-corrected chi connectivity index (χ0v) is 14.2. The van der Waals surface area contributed by atoms with Crippen molar-refractivity contribution >= 4 is 0 Å². The van der Waals surface area contributed by atoms with E-state index < -0.39 is 0 Å². The van der Waals surface area contributed by atoms with Gasteiger partial charge in [0.25, 0.3) is 0 Å². The highest BCUT2D eigenvalue weighted by Gasteiger charge is 2.36. The molecule has 1 heterocycles. The summed E-state index contributed by atoms with van der Waals surface area (Å²) in [5, 5.41) is 3.72. The molecule has 0 radical (unpaired) electrons. The smallest absolute Gasteiger partial charge is 0.124 e. The second kappa shape index (κ2) is 7.31. The highest BCUT2D eigenvalue weighted by Crippen LogP contribution is 2.42. The Hall–Kier alpha value is -1.02. The predicted octanol–water partition coefficient (Wildman–Crippen LogP) is 5.16. The van der Waals surface area contributed by atoms with Gasteiger partial charge in [-0.2, -0.15) is 0 Å². The highest BCUT2D eigenvalue weighted by atomic mass is 16.5. The summed E-state index contributed by atoms with van der Waals surface area (Å²) in [4.78, 5) is 0. The molecule has 1 N–H and O–H groups in total. The molecule has 0 spiro atoms. The average molecular weight is 289 g/mol. The summed E-state index contributed by atoms with van der Waals surface area (Å²) < 4.78 is 6.39. The molecule has 0 aromatic heterocycles. The van der Waals surface area contributed by atoms with Crippen molar-refractivity contribution in [2.24, 2.45) is 0 Å². The topological polar surface area (TPSA) is 21.3 Å². The van der Waals surface area contributed by atoms with E-state index in [-0.39, 0.29) is 5.60 Å². The Labute approximate surface area is 130 Å². The van der Waals surface area contributed by atoms with Crippen LogP contribution in [0.4, 0.5) is 0 Å². The third-order valence-electron chi connectivity index (χ3n) is 4.48. The van der Waals surface area contributed by atoms with Crippen molar-refractivity contribution in [2.75, 3.05) is 6.54 Å². The van der Waals surface area contributed by atoms with E-state index in [1.807, 2.05) is 0 Å². The van der Waals surface area contributed by atoms with Crippen molar-refractivity contribution in [3.63, 3.8) is 0 Å². The summed E-state index contributed by atoms with van der Waals surface area (Å²) >= 11 is 0. The Balaban J connectivity index is 2.18. The Morgan fingerprint density at radius 2 is 2.05 bits per heavy atom. The molecule has 2 rings (SSSR count). The number of rotatable bonds is 7. The molecular formula is C19H31NO. The number of fused-ring (bicyclic) bond motifs is 1. The van der Waals surface area contributed by atoms with Gasteiger partial charge in [0.2, 0.25) is 0 Å². The van der Waals surface area contributed by atoms with E-state index in [0.29, 0.717) is 6.04 Å². The van der Waals surface area contributed by atoms with Crippen LogP contribution in [0, 0.1) is 6.92 Å². The molecule has 2 atom stereocenters. The number of hydrogen-bond donors (Lipinski definition) is 1. The van der Waals surface area contributed by atoms with Crippen LogP contribution >= 0.6 is 0 Å². The number of nitrogens with one attached hydrogen (secondary N) is 1. The van der Waals surface area contributed by atoms with Gasteiger partial charge in [0.15, 0.2) is 0 Å². The summed E-state index contributed by atoms with van der Waals surface area (Å²) in [6, 6.07) is 7.03. The van der Waals surface area contributed by atoms with E-state index in [0.717, 1.165) is 25.1 Å². The van der Waals surface area contributed by atoms with Gasteiger partial charge in [-0.3, -0.25) is 0 Å². The number of benzene rings is 1. The van der Waals surface area contributed by atoms with Gasteiger partial charge < -0.3 is 10.1 Å². The van der Waals surface area contributed by atoms with Crippen LogP contribution in [0.3, 0.4) is 0 Å². The molecule has 0 saturated heterocycles. The van der Waals surface area contributed by atoms with Gasteiger partial charge in [-0.1, -0.05) is 44.4 Å². The van der Waals surface area contributed by atoms with E-state index in [1.165, 1.54) is 36.8 Å². The average Bonchev–Trinajstić information content (AvgIpc) is 2.45. The van der Waals surface area contributed by atoms with Crippen molar-refractivity contribution in [1.29, 1.82) is 0 Å². The van der Waals surface area contributed by atoms with Crippen molar-refractivity contribution in [2.45, 2.75) is 77.9 Å². The lowest BCUT2D eigenvalue weighted by Crippen LogP contribution is -2.42. The van der Waals surface area contributed by atoms with Crippen LogP contribution in [0.25, 0.3) is 0 Å². The lowest BCUT2D eigenvalue weighted by molar-refractivity contribution is 0.0373. The van der Waals surface area contributed by atoms with Gasteiger partial charge in [-0.15, -0.1) is 0 Å². The maximum atomic E-state index is 6.39. The molecule has 118 valence electrons. The van der Waals surface area contributed by atoms with Gasteiger partial charge >= 0.3 is 0 Å². The fraction of sp³-hybridized carbons (Fsp3) is 0.684. The first-order valence-electron chi connectivity index (χ1n) is 8.61. The molecule has 1 aromatic rings. The third kappa shape index (κ3) is 4.23. The fourth-order valence-electron chi connectivity index (χ4n) is 3.28. The maximum Gasteiger partial charge on any atom is 0.124 e. The standard InChI is InChI=1S/C19H31NO/c1-5-7-8-11-19(4)14-17(20-12-6-2)16-13-15(3)9-10-18(16)21-19/h9-10,13,17,20H,5-8,11-12,14H2,1-4H3. The van der Waals surface area contributed by atoms with Crippen LogP contribution in [-0.4, -0.2) is 12.1 Å². The zero-order valence-electron chi connectivity index (χ0n) is 14.2. The number of ether oxygens (including phenoxy) is 1. The Morgan fingerprint density at radius 1 is 1.24 bits per heavy atom. The lowest BCUT2D eigenvalue weighted by atomic mass is 9.84. The normalized spacial score (nSPS) is 24.5. The molecule has 2 heteroatoms. The van der Waals surface area contributed by atoms with Crippen molar-refractivity contribution in [3.8, 4) is 5.75 Å². The first-order chi connectivity index (χ1) is 10.1. The van der Waals surface area contributed by atoms with Crippen LogP contribution < -0.4 is 10.1 Å². The molecule has 0 bridgehead atoms. The van der Waals surface area contributed by atoms with Crippen LogP contribution in [0.5, 0.6) is 5.75 Å². The molecule has 0 aliphatic carbocycles. The summed E-state index contributed by atoms with van der Waals surface area (Å²) in [7, 11) is 0. The second-order valence-electron chi connectivity index (χ2n) is 6.76. The van der Waals surface area contributed by atoms with Gasteiger partial charge in [0.1, 0.15) is 11.4 Å². The van der Waals surface area contributed by atoms with Crippen LogP contribution in [0.2, 0.25) is 0 Å². The van der Waals surface area contributed by atoms with Crippen LogP contribution in [-0.2, 0) is 0 Å². The lowest BCUT2D eigenvalue weighted by Gasteiger charge is -2.40. The first-order valence-corrected chi connectivity index (χ1v) is 8.61. The Kier molecular flexibility index (Phi) is 5.69. The van der Waals surface area contributed by atoms with Gasteiger partial charge in [-0.25, -0.2) is 0 Å². The van der Waals surface area contributed by atoms with Crippen LogP contribution in [0.1, 0.15) is 76.5 Å². The molecular weight excluding hydrogens is 258 g/mol. The Morgan fingerprint density at radius 3 is 2.76 bits per heavy atom. The molecule has 1 aliphatic heterocycles. The van der Waals surface area contributed by atoms with Crippen LogP contribution in [0.15, 0.2) is 18.2 Å². The molecule has 21 heavy (non-hydrogen) atoms. The minimum Gasteiger partial charge on any atom is -0.487 e. The molecule has 2 nitrogen and oxygen atoms in total. The van der Waals surface area contributed by atoms with Gasteiger partial charge in [0, 0.05) is 18.0 Å². The van der Waals surface area contributed by atoms with E-state index >= 15 is 0 Å². The molecule has 0 amide bonds. The van der Waals surface area contributed by atoms with E-state index in [1.54, 1.807) is 0 Å². The number of hydrogen-bond acceptors (Lipinski definition) is 2. The maximum absolute atomic E-state index is 6.39. The van der Waals surface area contributed by atoms with Crippen molar-refractivity contribution in [3.05, 3.63) is 29.3 Å². The molecule has 1 aromatic carbocycles. The molecule has 0 fully saturated rings. The van der Waals surface area contributed by atoms with E-state index in [4.69, 9.17) is 4.74 Å². The quantitative estimate of drug-likeness (QED) is 0.700. The summed E-state index contributed by atoms with van der Waals surface area (Å²) in [5.74, 6) is 1.08. The third-order valence-corrected chi connectivity index (χ3v) is 4.48.